The van der Waals surface area contributed by atoms with Crippen molar-refractivity contribution in [2.24, 2.45) is 0 Å². The fourth-order valence-electron chi connectivity index (χ4n) is 3.60. The summed E-state index contributed by atoms with van der Waals surface area (Å²) in [5.74, 6) is 1.48. The molecular formula is C20H21N3O3. The number of likely N-dealkylation sites (tertiary alicyclic amines) is 1. The van der Waals surface area contributed by atoms with Gasteiger partial charge in [-0.3, -0.25) is 4.79 Å². The molecule has 4 rings (SSSR count). The van der Waals surface area contributed by atoms with Crippen LogP contribution in [0.3, 0.4) is 0 Å². The van der Waals surface area contributed by atoms with Crippen LogP contribution >= 0.6 is 0 Å². The second-order valence-electron chi connectivity index (χ2n) is 6.62. The number of hydrogen-bond donors (Lipinski definition) is 0. The fourth-order valence-corrected chi connectivity index (χ4v) is 3.60. The van der Waals surface area contributed by atoms with Crippen LogP contribution in [0.4, 0.5) is 0 Å². The van der Waals surface area contributed by atoms with Crippen molar-refractivity contribution < 1.29 is 13.9 Å². The lowest BCUT2D eigenvalue weighted by Crippen LogP contribution is -2.38. The van der Waals surface area contributed by atoms with Gasteiger partial charge in [-0.2, -0.15) is 0 Å². The second-order valence-corrected chi connectivity index (χ2v) is 6.62. The molecule has 0 saturated carbocycles. The number of rotatable bonds is 3. The molecule has 6 nitrogen and oxygen atoms in total. The molecule has 3 aromatic rings. The van der Waals surface area contributed by atoms with Crippen LogP contribution in [0.15, 0.2) is 41.2 Å². The largest absolute Gasteiger partial charge is 0.497 e. The third-order valence-corrected chi connectivity index (χ3v) is 5.14. The first-order chi connectivity index (χ1) is 12.7. The summed E-state index contributed by atoms with van der Waals surface area (Å²) in [5, 5.41) is 0.949. The molecule has 6 heteroatoms. The molecule has 26 heavy (non-hydrogen) atoms. The number of piperidine rings is 1. The van der Waals surface area contributed by atoms with Crippen LogP contribution < -0.4 is 4.74 Å². The first-order valence-electron chi connectivity index (χ1n) is 8.79. The molecule has 1 fully saturated rings. The second kappa shape index (κ2) is 6.78. The van der Waals surface area contributed by atoms with Gasteiger partial charge in [0.05, 0.1) is 7.11 Å². The predicted octanol–water partition coefficient (Wildman–Crippen LogP) is 3.56. The summed E-state index contributed by atoms with van der Waals surface area (Å²) >= 11 is 0. The van der Waals surface area contributed by atoms with Crippen LogP contribution in [-0.2, 0) is 0 Å². The minimum absolute atomic E-state index is 0.0428. The molecule has 1 aliphatic heterocycles. The molecule has 0 aliphatic carbocycles. The topological polar surface area (TPSA) is 68.5 Å². The zero-order valence-corrected chi connectivity index (χ0v) is 14.9. The van der Waals surface area contributed by atoms with E-state index in [2.05, 4.69) is 9.97 Å². The van der Waals surface area contributed by atoms with E-state index in [1.165, 1.54) is 0 Å². The number of ether oxygens (including phenoxy) is 1. The van der Waals surface area contributed by atoms with E-state index >= 15 is 0 Å². The summed E-state index contributed by atoms with van der Waals surface area (Å²) in [5.41, 5.74) is 2.62. The standard InChI is InChI=1S/C20H21N3O3/c1-13-16-4-3-15(25-2)11-18(16)26-19(13)20(24)23-9-6-14(7-10-23)17-5-8-21-12-22-17/h3-5,8,11-12,14H,6-7,9-10H2,1-2H3. The minimum atomic E-state index is -0.0428. The Labute approximate surface area is 151 Å². The fraction of sp³-hybridized carbons (Fsp3) is 0.350. The van der Waals surface area contributed by atoms with Crippen molar-refractivity contribution in [3.63, 3.8) is 0 Å². The Morgan fingerprint density at radius 3 is 2.77 bits per heavy atom. The molecule has 0 unspecified atom stereocenters. The van der Waals surface area contributed by atoms with Gasteiger partial charge in [-0.1, -0.05) is 0 Å². The van der Waals surface area contributed by atoms with Gasteiger partial charge in [0.2, 0.25) is 0 Å². The SMILES string of the molecule is COc1ccc2c(C)c(C(=O)N3CCC(c4ccncn4)CC3)oc2c1. The highest BCUT2D eigenvalue weighted by Gasteiger charge is 2.28. The van der Waals surface area contributed by atoms with Crippen molar-refractivity contribution in [2.75, 3.05) is 20.2 Å². The van der Waals surface area contributed by atoms with E-state index in [1.54, 1.807) is 19.6 Å². The first kappa shape index (κ1) is 16.6. The zero-order chi connectivity index (χ0) is 18.1. The molecule has 1 saturated heterocycles. The van der Waals surface area contributed by atoms with Crippen molar-refractivity contribution in [2.45, 2.75) is 25.7 Å². The van der Waals surface area contributed by atoms with Crippen molar-refractivity contribution >= 4 is 16.9 Å². The normalized spacial score (nSPS) is 15.4. The van der Waals surface area contributed by atoms with E-state index in [-0.39, 0.29) is 5.91 Å². The van der Waals surface area contributed by atoms with Crippen molar-refractivity contribution in [3.8, 4) is 5.75 Å². The Balaban J connectivity index is 1.52. The number of hydrogen-bond acceptors (Lipinski definition) is 5. The Morgan fingerprint density at radius 2 is 2.08 bits per heavy atom. The number of nitrogens with zero attached hydrogens (tertiary/aromatic N) is 3. The molecule has 3 heterocycles. The van der Waals surface area contributed by atoms with Crippen LogP contribution in [0.25, 0.3) is 11.0 Å². The summed E-state index contributed by atoms with van der Waals surface area (Å²) < 4.78 is 11.1. The third kappa shape index (κ3) is 2.92. The Kier molecular flexibility index (Phi) is 4.32. The van der Waals surface area contributed by atoms with E-state index in [4.69, 9.17) is 9.15 Å². The number of methoxy groups -OCH3 is 1. The molecule has 1 aromatic carbocycles. The van der Waals surface area contributed by atoms with E-state index in [0.29, 0.717) is 30.4 Å². The monoisotopic (exact) mass is 351 g/mol. The van der Waals surface area contributed by atoms with Gasteiger partial charge in [-0.15, -0.1) is 0 Å². The van der Waals surface area contributed by atoms with Crippen molar-refractivity contribution in [1.82, 2.24) is 14.9 Å². The van der Waals surface area contributed by atoms with Gasteiger partial charge in [0.25, 0.3) is 5.91 Å². The average Bonchev–Trinajstić information content (AvgIpc) is 3.04. The number of carbonyl (C=O) groups excluding carboxylic acids is 1. The third-order valence-electron chi connectivity index (χ3n) is 5.14. The average molecular weight is 351 g/mol. The van der Waals surface area contributed by atoms with Gasteiger partial charge >= 0.3 is 0 Å². The van der Waals surface area contributed by atoms with E-state index < -0.39 is 0 Å². The van der Waals surface area contributed by atoms with E-state index in [9.17, 15) is 4.79 Å². The number of aryl methyl sites for hydroxylation is 1. The molecule has 1 aliphatic rings. The van der Waals surface area contributed by atoms with Gasteiger partial charge in [-0.25, -0.2) is 9.97 Å². The van der Waals surface area contributed by atoms with Crippen LogP contribution in [0.2, 0.25) is 0 Å². The summed E-state index contributed by atoms with van der Waals surface area (Å²) in [6.07, 6.45) is 5.15. The maximum atomic E-state index is 13.0. The molecule has 0 bridgehead atoms. The number of fused-ring (bicyclic) bond motifs is 1. The number of aromatic nitrogens is 2. The molecule has 0 radical (unpaired) electrons. The predicted molar refractivity (Wildman–Crippen MR) is 97.4 cm³/mol. The van der Waals surface area contributed by atoms with Crippen LogP contribution in [0.5, 0.6) is 5.75 Å². The summed E-state index contributed by atoms with van der Waals surface area (Å²) in [7, 11) is 1.62. The van der Waals surface area contributed by atoms with Crippen LogP contribution in [-0.4, -0.2) is 41.0 Å². The lowest BCUT2D eigenvalue weighted by Gasteiger charge is -2.31. The Bertz CT molecular complexity index is 928. The maximum absolute atomic E-state index is 13.0. The van der Waals surface area contributed by atoms with E-state index in [0.717, 1.165) is 35.2 Å². The lowest BCUT2D eigenvalue weighted by molar-refractivity contribution is 0.0681. The number of benzene rings is 1. The van der Waals surface area contributed by atoms with Gasteiger partial charge in [0.15, 0.2) is 5.76 Å². The molecular weight excluding hydrogens is 330 g/mol. The lowest BCUT2D eigenvalue weighted by atomic mass is 9.93. The highest BCUT2D eigenvalue weighted by Crippen LogP contribution is 2.31. The number of carbonyl (C=O) groups is 1. The van der Waals surface area contributed by atoms with Gasteiger partial charge < -0.3 is 14.1 Å². The first-order valence-corrected chi connectivity index (χ1v) is 8.79. The molecule has 0 spiro atoms. The number of amides is 1. The summed E-state index contributed by atoms with van der Waals surface area (Å²) in [4.78, 5) is 23.2. The smallest absolute Gasteiger partial charge is 0.289 e. The van der Waals surface area contributed by atoms with Gasteiger partial charge in [-0.05, 0) is 38.0 Å². The molecule has 1 amide bonds. The highest BCUT2D eigenvalue weighted by atomic mass is 16.5. The van der Waals surface area contributed by atoms with Crippen molar-refractivity contribution in [3.05, 3.63) is 53.8 Å². The van der Waals surface area contributed by atoms with Gasteiger partial charge in [0.1, 0.15) is 17.7 Å². The minimum Gasteiger partial charge on any atom is -0.497 e. The Morgan fingerprint density at radius 1 is 1.27 bits per heavy atom. The quantitative estimate of drug-likeness (QED) is 0.722. The van der Waals surface area contributed by atoms with E-state index in [1.807, 2.05) is 36.1 Å². The molecule has 134 valence electrons. The molecule has 0 N–H and O–H groups in total. The highest BCUT2D eigenvalue weighted by molar-refractivity contribution is 5.99. The number of furan rings is 1. The van der Waals surface area contributed by atoms with Crippen molar-refractivity contribution in [1.29, 1.82) is 0 Å². The van der Waals surface area contributed by atoms with Crippen LogP contribution in [0, 0.1) is 6.92 Å². The molecule has 0 atom stereocenters. The summed E-state index contributed by atoms with van der Waals surface area (Å²) in [6, 6.07) is 7.59. The zero-order valence-electron chi connectivity index (χ0n) is 14.9. The molecule has 2 aromatic heterocycles. The maximum Gasteiger partial charge on any atom is 0.289 e. The van der Waals surface area contributed by atoms with Gasteiger partial charge in [0, 0.05) is 47.9 Å². The van der Waals surface area contributed by atoms with Crippen LogP contribution in [0.1, 0.15) is 40.6 Å². The Hall–Kier alpha value is -2.89. The summed E-state index contributed by atoms with van der Waals surface area (Å²) in [6.45, 7) is 3.33.